The van der Waals surface area contributed by atoms with Gasteiger partial charge in [0.25, 0.3) is 0 Å². The maximum absolute atomic E-state index is 15.6. The van der Waals surface area contributed by atoms with Crippen LogP contribution in [0.5, 0.6) is 0 Å². The zero-order chi connectivity index (χ0) is 15.6. The van der Waals surface area contributed by atoms with Crippen molar-refractivity contribution >= 4 is 11.6 Å². The van der Waals surface area contributed by atoms with Crippen LogP contribution < -0.4 is 0 Å². The number of aromatic nitrogens is 1. The first-order valence-electron chi connectivity index (χ1n) is 6.76. The van der Waals surface area contributed by atoms with Crippen LogP contribution >= 0.6 is 11.6 Å². The molecule has 2 heterocycles. The number of nitrogens with zero attached hydrogens (tertiary/aromatic N) is 2. The lowest BCUT2D eigenvalue weighted by Gasteiger charge is -2.37. The van der Waals surface area contributed by atoms with Crippen molar-refractivity contribution in [2.45, 2.75) is 12.3 Å². The molecule has 0 saturated carbocycles. The molecule has 0 radical (unpaired) electrons. The molecule has 1 aromatic heterocycles. The molecule has 1 aliphatic heterocycles. The molecular formula is C17H13ClF2N2. The summed E-state index contributed by atoms with van der Waals surface area (Å²) in [7, 11) is 0. The molecule has 0 N–H and O–H groups in total. The highest BCUT2D eigenvalue weighted by Crippen LogP contribution is 2.38. The predicted molar refractivity (Wildman–Crippen MR) is 82.3 cm³/mol. The van der Waals surface area contributed by atoms with Crippen LogP contribution in [0.15, 0.2) is 67.2 Å². The molecule has 2 nitrogen and oxygen atoms in total. The van der Waals surface area contributed by atoms with Gasteiger partial charge in [-0.3, -0.25) is 4.98 Å². The summed E-state index contributed by atoms with van der Waals surface area (Å²) in [6, 6.07) is 7.65. The van der Waals surface area contributed by atoms with Crippen molar-refractivity contribution in [2.24, 2.45) is 0 Å². The Kier molecular flexibility index (Phi) is 3.94. The molecule has 22 heavy (non-hydrogen) atoms. The first-order chi connectivity index (χ1) is 10.6. The van der Waals surface area contributed by atoms with E-state index in [0.29, 0.717) is 11.1 Å². The second kappa shape index (κ2) is 5.89. The number of benzene rings is 1. The monoisotopic (exact) mass is 318 g/mol. The van der Waals surface area contributed by atoms with Gasteiger partial charge in [-0.2, -0.15) is 0 Å². The van der Waals surface area contributed by atoms with Gasteiger partial charge >= 0.3 is 0 Å². The van der Waals surface area contributed by atoms with Gasteiger partial charge in [-0.25, -0.2) is 8.78 Å². The lowest BCUT2D eigenvalue weighted by Crippen LogP contribution is -2.38. The van der Waals surface area contributed by atoms with Crippen molar-refractivity contribution in [3.8, 4) is 0 Å². The second-order valence-corrected chi connectivity index (χ2v) is 5.39. The van der Waals surface area contributed by atoms with Crippen LogP contribution in [0.4, 0.5) is 8.78 Å². The van der Waals surface area contributed by atoms with E-state index in [9.17, 15) is 4.39 Å². The molecule has 5 heteroatoms. The number of hydrogen-bond acceptors (Lipinski definition) is 2. The Morgan fingerprint density at radius 3 is 2.86 bits per heavy atom. The van der Waals surface area contributed by atoms with Crippen molar-refractivity contribution in [3.63, 3.8) is 0 Å². The van der Waals surface area contributed by atoms with Crippen LogP contribution in [0, 0.1) is 5.82 Å². The van der Waals surface area contributed by atoms with Crippen molar-refractivity contribution < 1.29 is 8.78 Å². The van der Waals surface area contributed by atoms with Crippen LogP contribution in [0.25, 0.3) is 0 Å². The van der Waals surface area contributed by atoms with Gasteiger partial charge < -0.3 is 4.90 Å². The fourth-order valence-corrected chi connectivity index (χ4v) is 2.70. The van der Waals surface area contributed by atoms with Gasteiger partial charge in [-0.15, -0.1) is 0 Å². The van der Waals surface area contributed by atoms with Gasteiger partial charge in [0.05, 0.1) is 5.02 Å². The Morgan fingerprint density at radius 2 is 2.09 bits per heavy atom. The molecule has 3 rings (SSSR count). The van der Waals surface area contributed by atoms with E-state index in [2.05, 4.69) is 4.98 Å². The molecule has 1 atom stereocenters. The Balaban J connectivity index is 1.97. The number of allylic oxidation sites excluding steroid dienone is 2. The number of rotatable bonds is 3. The van der Waals surface area contributed by atoms with Gasteiger partial charge in [0, 0.05) is 30.7 Å². The Labute approximate surface area is 132 Å². The molecule has 0 aliphatic carbocycles. The van der Waals surface area contributed by atoms with Gasteiger partial charge in [-0.1, -0.05) is 29.8 Å². The number of alkyl halides is 1. The third-order valence-corrected chi connectivity index (χ3v) is 3.81. The molecule has 2 aromatic rings. The first kappa shape index (κ1) is 14.7. The SMILES string of the molecule is Fc1cccc(CN2C=CC=CC2(F)c2ccncc2Cl)c1. The average Bonchev–Trinajstić information content (AvgIpc) is 2.50. The third-order valence-electron chi connectivity index (χ3n) is 3.50. The van der Waals surface area contributed by atoms with E-state index in [1.54, 1.807) is 36.6 Å². The van der Waals surface area contributed by atoms with Crippen molar-refractivity contribution in [1.29, 1.82) is 0 Å². The minimum Gasteiger partial charge on any atom is -0.335 e. The zero-order valence-corrected chi connectivity index (χ0v) is 12.3. The van der Waals surface area contributed by atoms with E-state index >= 15 is 4.39 Å². The van der Waals surface area contributed by atoms with Gasteiger partial charge in [0.15, 0.2) is 0 Å². The van der Waals surface area contributed by atoms with Crippen LogP contribution in [0.2, 0.25) is 5.02 Å². The van der Waals surface area contributed by atoms with Crippen molar-refractivity contribution in [2.75, 3.05) is 0 Å². The van der Waals surface area contributed by atoms with E-state index in [-0.39, 0.29) is 17.4 Å². The largest absolute Gasteiger partial charge is 0.335 e. The molecule has 0 bridgehead atoms. The summed E-state index contributed by atoms with van der Waals surface area (Å²) in [5.74, 6) is -2.25. The Morgan fingerprint density at radius 1 is 1.23 bits per heavy atom. The smallest absolute Gasteiger partial charge is 0.229 e. The van der Waals surface area contributed by atoms with Gasteiger partial charge in [0.2, 0.25) is 5.79 Å². The lowest BCUT2D eigenvalue weighted by molar-refractivity contribution is 0.0369. The second-order valence-electron chi connectivity index (χ2n) is 4.99. The average molecular weight is 319 g/mol. The highest BCUT2D eigenvalue weighted by Gasteiger charge is 2.37. The minimum absolute atomic E-state index is 0.216. The highest BCUT2D eigenvalue weighted by atomic mass is 35.5. The molecule has 0 saturated heterocycles. The summed E-state index contributed by atoms with van der Waals surface area (Å²) >= 11 is 6.09. The zero-order valence-electron chi connectivity index (χ0n) is 11.6. The summed E-state index contributed by atoms with van der Waals surface area (Å²) in [5.41, 5.74) is 0.980. The third kappa shape index (κ3) is 2.74. The van der Waals surface area contributed by atoms with Crippen LogP contribution in [0.1, 0.15) is 11.1 Å². The fraction of sp³-hybridized carbons (Fsp3) is 0.118. The molecule has 112 valence electrons. The van der Waals surface area contributed by atoms with E-state index in [1.165, 1.54) is 35.5 Å². The summed E-state index contributed by atoms with van der Waals surface area (Å²) in [5, 5.41) is 0.245. The number of pyridine rings is 1. The lowest BCUT2D eigenvalue weighted by atomic mass is 10.0. The summed E-state index contributed by atoms with van der Waals surface area (Å²) in [6.07, 6.45) is 9.31. The normalized spacial score (nSPS) is 20.4. The summed E-state index contributed by atoms with van der Waals surface area (Å²) < 4.78 is 28.9. The first-order valence-corrected chi connectivity index (χ1v) is 7.13. The molecular weight excluding hydrogens is 306 g/mol. The molecule has 0 spiro atoms. The maximum atomic E-state index is 15.6. The minimum atomic E-state index is -1.90. The van der Waals surface area contributed by atoms with Crippen LogP contribution in [-0.4, -0.2) is 9.88 Å². The number of hydrogen-bond donors (Lipinski definition) is 0. The quantitative estimate of drug-likeness (QED) is 0.770. The predicted octanol–water partition coefficient (Wildman–Crippen LogP) is 4.58. The topological polar surface area (TPSA) is 16.1 Å². The summed E-state index contributed by atoms with van der Waals surface area (Å²) in [4.78, 5) is 5.36. The standard InChI is InChI=1S/C17H13ClF2N2/c18-16-11-21-8-6-15(16)17(20)7-1-2-9-22(17)12-13-4-3-5-14(19)10-13/h1-11H,12H2. The fourth-order valence-electron chi connectivity index (χ4n) is 2.44. The van der Waals surface area contributed by atoms with Crippen molar-refractivity contribution in [3.05, 3.63) is 89.1 Å². The van der Waals surface area contributed by atoms with Gasteiger partial charge in [0.1, 0.15) is 5.82 Å². The van der Waals surface area contributed by atoms with Crippen molar-refractivity contribution in [1.82, 2.24) is 9.88 Å². The van der Waals surface area contributed by atoms with Crippen LogP contribution in [-0.2, 0) is 12.3 Å². The molecule has 1 unspecified atom stereocenters. The van der Waals surface area contributed by atoms with Gasteiger partial charge in [-0.05, 0) is 35.9 Å². The highest BCUT2D eigenvalue weighted by molar-refractivity contribution is 6.31. The van der Waals surface area contributed by atoms with Crippen LogP contribution in [0.3, 0.4) is 0 Å². The molecule has 0 amide bonds. The van der Waals surface area contributed by atoms with E-state index in [4.69, 9.17) is 11.6 Å². The molecule has 0 fully saturated rings. The molecule has 1 aromatic carbocycles. The van der Waals surface area contributed by atoms with E-state index in [0.717, 1.165) is 0 Å². The summed E-state index contributed by atoms with van der Waals surface area (Å²) in [6.45, 7) is 0.216. The maximum Gasteiger partial charge on any atom is 0.229 e. The molecule has 1 aliphatic rings. The number of halogens is 3. The Hall–Kier alpha value is -2.20. The Bertz CT molecular complexity index is 745. The van der Waals surface area contributed by atoms with E-state index < -0.39 is 5.79 Å². The van der Waals surface area contributed by atoms with E-state index in [1.807, 2.05) is 0 Å².